The molecule has 0 aliphatic carbocycles. The van der Waals surface area contributed by atoms with Crippen LogP contribution in [0.25, 0.3) is 44.4 Å². The van der Waals surface area contributed by atoms with Gasteiger partial charge in [-0.05, 0) is 60.9 Å². The van der Waals surface area contributed by atoms with Crippen molar-refractivity contribution in [2.45, 2.75) is 26.6 Å². The van der Waals surface area contributed by atoms with Gasteiger partial charge < -0.3 is 9.84 Å². The second-order valence-electron chi connectivity index (χ2n) is 8.72. The summed E-state index contributed by atoms with van der Waals surface area (Å²) in [5, 5.41) is 12.3. The van der Waals surface area contributed by atoms with E-state index in [1.54, 1.807) is 6.20 Å². The number of aliphatic hydroxyl groups is 1. The number of ether oxygens (including phenoxy) is 1. The molecule has 5 rings (SSSR count). The van der Waals surface area contributed by atoms with Crippen molar-refractivity contribution >= 4 is 34.1 Å². The Balaban J connectivity index is 1.71. The Morgan fingerprint density at radius 3 is 2.36 bits per heavy atom. The smallest absolute Gasteiger partial charge is 0.223 e. The molecule has 0 fully saturated rings. The third-order valence-electron chi connectivity index (χ3n) is 5.92. The van der Waals surface area contributed by atoms with Gasteiger partial charge in [-0.25, -0.2) is 4.98 Å². The van der Waals surface area contributed by atoms with Crippen LogP contribution < -0.4 is 4.74 Å². The molecule has 6 heteroatoms. The molecule has 0 radical (unpaired) electrons. The quantitative estimate of drug-likeness (QED) is 0.248. The largest absolute Gasteiger partial charge is 0.474 e. The predicted molar refractivity (Wildman–Crippen MR) is 148 cm³/mol. The molecule has 0 bridgehead atoms. The minimum absolute atomic E-state index is 0.0541. The van der Waals surface area contributed by atoms with E-state index in [0.717, 1.165) is 38.7 Å². The van der Waals surface area contributed by atoms with Crippen molar-refractivity contribution in [3.8, 4) is 39.4 Å². The molecule has 5 aromatic rings. The van der Waals surface area contributed by atoms with Crippen LogP contribution in [-0.2, 0) is 6.61 Å². The standard InChI is InChI=1S/C30H24Cl2N2O2/c1-18(2)36-30-27(19-7-4-3-5-8-19)28(32)24-16-20(11-12-26(24)34-30)23-13-14-33-29(25(23)17-35)21-9-6-10-22(31)15-21/h3-16,18,35H,17H2,1-2H3. The first-order chi connectivity index (χ1) is 17.5. The van der Waals surface area contributed by atoms with Gasteiger partial charge in [0.25, 0.3) is 0 Å². The maximum atomic E-state index is 10.3. The number of hydrogen-bond donors (Lipinski definition) is 1. The number of aliphatic hydroxyl groups excluding tert-OH is 1. The lowest BCUT2D eigenvalue weighted by Crippen LogP contribution is -2.08. The Bertz CT molecular complexity index is 1550. The molecule has 0 saturated carbocycles. The van der Waals surface area contributed by atoms with Crippen LogP contribution in [0.4, 0.5) is 0 Å². The van der Waals surface area contributed by atoms with Crippen molar-refractivity contribution in [1.82, 2.24) is 9.97 Å². The van der Waals surface area contributed by atoms with Crippen molar-refractivity contribution in [2.24, 2.45) is 0 Å². The van der Waals surface area contributed by atoms with Crippen molar-refractivity contribution < 1.29 is 9.84 Å². The van der Waals surface area contributed by atoms with E-state index in [1.807, 2.05) is 92.7 Å². The maximum absolute atomic E-state index is 10.3. The molecule has 0 amide bonds. The molecule has 36 heavy (non-hydrogen) atoms. The average Bonchev–Trinajstić information content (AvgIpc) is 2.88. The molecule has 3 aromatic carbocycles. The molecule has 0 atom stereocenters. The second kappa shape index (κ2) is 10.3. The zero-order chi connectivity index (χ0) is 25.2. The minimum Gasteiger partial charge on any atom is -0.474 e. The summed E-state index contributed by atoms with van der Waals surface area (Å²) in [4.78, 5) is 9.37. The third-order valence-corrected chi connectivity index (χ3v) is 6.55. The summed E-state index contributed by atoms with van der Waals surface area (Å²) in [5.74, 6) is 0.504. The molecule has 2 aromatic heterocycles. The fourth-order valence-electron chi connectivity index (χ4n) is 4.34. The first kappa shape index (κ1) is 24.3. The van der Waals surface area contributed by atoms with Crippen LogP contribution in [0.3, 0.4) is 0 Å². The number of hydrogen-bond acceptors (Lipinski definition) is 4. The first-order valence-electron chi connectivity index (χ1n) is 11.7. The van der Waals surface area contributed by atoms with E-state index in [1.165, 1.54) is 0 Å². The molecule has 180 valence electrons. The summed E-state index contributed by atoms with van der Waals surface area (Å²) < 4.78 is 6.07. The number of aromatic nitrogens is 2. The summed E-state index contributed by atoms with van der Waals surface area (Å²) in [6, 6.07) is 25.2. The van der Waals surface area contributed by atoms with Crippen LogP contribution in [0.1, 0.15) is 19.4 Å². The summed E-state index contributed by atoms with van der Waals surface area (Å²) in [7, 11) is 0. The van der Waals surface area contributed by atoms with Crippen molar-refractivity contribution in [2.75, 3.05) is 0 Å². The van der Waals surface area contributed by atoms with Crippen molar-refractivity contribution in [1.29, 1.82) is 0 Å². The molecule has 0 unspecified atom stereocenters. The highest BCUT2D eigenvalue weighted by molar-refractivity contribution is 6.38. The van der Waals surface area contributed by atoms with Crippen molar-refractivity contribution in [3.63, 3.8) is 0 Å². The lowest BCUT2D eigenvalue weighted by atomic mass is 9.95. The van der Waals surface area contributed by atoms with Gasteiger partial charge in [0.1, 0.15) is 0 Å². The summed E-state index contributed by atoms with van der Waals surface area (Å²) in [6.45, 7) is 3.76. The number of benzene rings is 3. The average molecular weight is 515 g/mol. The topological polar surface area (TPSA) is 55.2 Å². The lowest BCUT2D eigenvalue weighted by molar-refractivity contribution is 0.234. The molecular formula is C30H24Cl2N2O2. The van der Waals surface area contributed by atoms with Crippen LogP contribution in [0.2, 0.25) is 10.0 Å². The minimum atomic E-state index is -0.175. The molecule has 4 nitrogen and oxygen atoms in total. The van der Waals surface area contributed by atoms with Gasteiger partial charge in [-0.3, -0.25) is 4.98 Å². The molecular weight excluding hydrogens is 491 g/mol. The normalized spacial score (nSPS) is 11.3. The monoisotopic (exact) mass is 514 g/mol. The fourth-order valence-corrected chi connectivity index (χ4v) is 4.87. The maximum Gasteiger partial charge on any atom is 0.223 e. The lowest BCUT2D eigenvalue weighted by Gasteiger charge is -2.18. The van der Waals surface area contributed by atoms with Crippen LogP contribution >= 0.6 is 23.2 Å². The fraction of sp³-hybridized carbons (Fsp3) is 0.133. The molecule has 2 heterocycles. The highest BCUT2D eigenvalue weighted by Crippen LogP contribution is 2.42. The van der Waals surface area contributed by atoms with Gasteiger partial charge in [-0.15, -0.1) is 0 Å². The zero-order valence-corrected chi connectivity index (χ0v) is 21.4. The van der Waals surface area contributed by atoms with E-state index < -0.39 is 0 Å². The molecule has 0 aliphatic rings. The van der Waals surface area contributed by atoms with Crippen LogP contribution in [0.15, 0.2) is 85.1 Å². The Morgan fingerprint density at radius 2 is 1.64 bits per heavy atom. The Morgan fingerprint density at radius 1 is 0.861 bits per heavy atom. The van der Waals surface area contributed by atoms with Crippen LogP contribution in [-0.4, -0.2) is 21.2 Å². The number of rotatable bonds is 6. The molecule has 0 spiro atoms. The van der Waals surface area contributed by atoms with E-state index in [4.69, 9.17) is 32.9 Å². The van der Waals surface area contributed by atoms with E-state index in [0.29, 0.717) is 27.2 Å². The number of pyridine rings is 2. The van der Waals surface area contributed by atoms with E-state index in [-0.39, 0.29) is 12.7 Å². The van der Waals surface area contributed by atoms with Gasteiger partial charge in [-0.2, -0.15) is 0 Å². The number of fused-ring (bicyclic) bond motifs is 1. The Labute approximate surface area is 220 Å². The highest BCUT2D eigenvalue weighted by atomic mass is 35.5. The Hall–Kier alpha value is -3.44. The molecule has 0 saturated heterocycles. The van der Waals surface area contributed by atoms with E-state index >= 15 is 0 Å². The van der Waals surface area contributed by atoms with Gasteiger partial charge >= 0.3 is 0 Å². The molecule has 1 N–H and O–H groups in total. The van der Waals surface area contributed by atoms with Gasteiger partial charge in [0.2, 0.25) is 5.88 Å². The third kappa shape index (κ3) is 4.68. The second-order valence-corrected chi connectivity index (χ2v) is 9.54. The van der Waals surface area contributed by atoms with Gasteiger partial charge in [-0.1, -0.05) is 71.7 Å². The van der Waals surface area contributed by atoms with Gasteiger partial charge in [0.15, 0.2) is 0 Å². The highest BCUT2D eigenvalue weighted by Gasteiger charge is 2.19. The number of halogens is 2. The zero-order valence-electron chi connectivity index (χ0n) is 19.9. The summed E-state index contributed by atoms with van der Waals surface area (Å²) in [6.07, 6.45) is 1.69. The van der Waals surface area contributed by atoms with Crippen LogP contribution in [0, 0.1) is 0 Å². The van der Waals surface area contributed by atoms with E-state index in [9.17, 15) is 5.11 Å². The van der Waals surface area contributed by atoms with Gasteiger partial charge in [0, 0.05) is 27.7 Å². The summed E-state index contributed by atoms with van der Waals surface area (Å²) >= 11 is 13.3. The predicted octanol–water partition coefficient (Wildman–Crippen LogP) is 8.22. The van der Waals surface area contributed by atoms with Gasteiger partial charge in [0.05, 0.1) is 34.5 Å². The summed E-state index contributed by atoms with van der Waals surface area (Å²) in [5.41, 5.74) is 6.43. The SMILES string of the molecule is CC(C)Oc1nc2ccc(-c3ccnc(-c4cccc(Cl)c4)c3CO)cc2c(Cl)c1-c1ccccc1. The van der Waals surface area contributed by atoms with Crippen LogP contribution in [0.5, 0.6) is 5.88 Å². The molecule has 0 aliphatic heterocycles. The first-order valence-corrected chi connectivity index (χ1v) is 12.4. The number of nitrogens with zero attached hydrogens (tertiary/aromatic N) is 2. The van der Waals surface area contributed by atoms with E-state index in [2.05, 4.69) is 4.98 Å². The Kier molecular flexibility index (Phi) is 6.92. The van der Waals surface area contributed by atoms with Crippen molar-refractivity contribution in [3.05, 3.63) is 101 Å².